The minimum absolute atomic E-state index is 0.408. The normalized spacial score (nSPS) is 12.2. The molecule has 0 saturated carbocycles. The summed E-state index contributed by atoms with van der Waals surface area (Å²) in [5.74, 6) is 0. The number of hydrogen-bond donors (Lipinski definition) is 6. The summed E-state index contributed by atoms with van der Waals surface area (Å²) in [4.78, 5) is 4.18. The Morgan fingerprint density at radius 1 is 1.25 bits per heavy atom. The first kappa shape index (κ1) is 22.7. The van der Waals surface area contributed by atoms with Gasteiger partial charge in [-0.15, -0.1) is 0 Å². The van der Waals surface area contributed by atoms with Gasteiger partial charge in [-0.05, 0) is 36.4 Å². The summed E-state index contributed by atoms with van der Waals surface area (Å²) < 4.78 is 0. The van der Waals surface area contributed by atoms with Crippen LogP contribution < -0.4 is 33.6 Å². The molecule has 1 rings (SSSR count). The Kier molecular flexibility index (Phi) is 9.22. The van der Waals surface area contributed by atoms with Crippen molar-refractivity contribution in [1.29, 1.82) is 0 Å². The van der Waals surface area contributed by atoms with Crippen LogP contribution in [0.1, 0.15) is 25.3 Å². The first-order valence-corrected chi connectivity index (χ1v) is 9.19. The Hall–Kier alpha value is -3.35. The van der Waals surface area contributed by atoms with E-state index in [9.17, 15) is 0 Å². The van der Waals surface area contributed by atoms with Gasteiger partial charge in [0.15, 0.2) is 0 Å². The summed E-state index contributed by atoms with van der Waals surface area (Å²) in [7, 11) is 1.84. The fraction of sp³-hybridized carbons (Fsp3) is 0.286. The molecule has 1 aromatic carbocycles. The Morgan fingerprint density at radius 2 is 1.96 bits per heavy atom. The molecule has 0 fully saturated rings. The molecule has 0 aliphatic heterocycles. The number of hydrogen-bond acceptors (Lipinski definition) is 7. The van der Waals surface area contributed by atoms with E-state index in [1.165, 1.54) is 18.0 Å². The Balaban J connectivity index is 3.11. The van der Waals surface area contributed by atoms with Crippen LogP contribution in [0.5, 0.6) is 0 Å². The second-order valence-corrected chi connectivity index (χ2v) is 6.34. The summed E-state index contributed by atoms with van der Waals surface area (Å²) in [6, 6.07) is 1.80. The van der Waals surface area contributed by atoms with Crippen molar-refractivity contribution in [2.75, 3.05) is 36.1 Å². The molecule has 28 heavy (non-hydrogen) atoms. The van der Waals surface area contributed by atoms with E-state index in [0.29, 0.717) is 41.4 Å². The number of nitrogens with two attached hydrogens (primary N) is 4. The van der Waals surface area contributed by atoms with Crippen LogP contribution >= 0.6 is 0 Å². The van der Waals surface area contributed by atoms with Crippen molar-refractivity contribution in [3.05, 3.63) is 60.6 Å². The summed E-state index contributed by atoms with van der Waals surface area (Å²) in [5, 5.41) is 6.37. The van der Waals surface area contributed by atoms with Crippen molar-refractivity contribution in [1.82, 2.24) is 5.32 Å². The van der Waals surface area contributed by atoms with Crippen molar-refractivity contribution in [2.45, 2.75) is 26.2 Å². The zero-order chi connectivity index (χ0) is 21.1. The highest BCUT2D eigenvalue weighted by atomic mass is 14.9. The van der Waals surface area contributed by atoms with Gasteiger partial charge in [0.25, 0.3) is 0 Å². The Morgan fingerprint density at radius 3 is 2.54 bits per heavy atom. The minimum atomic E-state index is 0.408. The second kappa shape index (κ2) is 11.4. The lowest BCUT2D eigenvalue weighted by Crippen LogP contribution is -2.13. The molecule has 10 N–H and O–H groups in total. The third-order valence-corrected chi connectivity index (χ3v) is 4.23. The number of nitrogen functional groups attached to an aromatic ring is 3. The SMILES string of the molecule is C=CN=C(/C=C\N)Cc1c(N)cc(NC/C(=C/C(=C)NC)CCC)c(N)c1N. The number of rotatable bonds is 11. The first-order chi connectivity index (χ1) is 13.4. The predicted molar refractivity (Wildman–Crippen MR) is 124 cm³/mol. The summed E-state index contributed by atoms with van der Waals surface area (Å²) in [6.45, 7) is 10.3. The number of aliphatic imine (C=N–C) groups is 1. The number of benzene rings is 1. The number of allylic oxidation sites excluding steroid dienone is 2. The summed E-state index contributed by atoms with van der Waals surface area (Å²) in [5.41, 5.74) is 29.9. The average Bonchev–Trinajstić information content (AvgIpc) is 2.67. The molecule has 7 heteroatoms. The fourth-order valence-corrected chi connectivity index (χ4v) is 2.74. The first-order valence-electron chi connectivity index (χ1n) is 9.19. The highest BCUT2D eigenvalue weighted by Crippen LogP contribution is 2.34. The van der Waals surface area contributed by atoms with Gasteiger partial charge < -0.3 is 33.6 Å². The van der Waals surface area contributed by atoms with Gasteiger partial charge in [-0.1, -0.05) is 26.5 Å². The Bertz CT molecular complexity index is 788. The van der Waals surface area contributed by atoms with E-state index < -0.39 is 0 Å². The van der Waals surface area contributed by atoms with Gasteiger partial charge >= 0.3 is 0 Å². The standard InChI is InChI=1S/C21H33N7/c1-5-7-15(10-14(3)26-4)13-28-19-12-18(23)17(20(24)21(19)25)11-16(8-9-22)27-6-2/h6,8-10,12,26,28H,2-3,5,7,11,13,22-25H2,1,4H3/b9-8-,15-10+,27-16?. The average molecular weight is 384 g/mol. The maximum atomic E-state index is 6.27. The molecule has 0 aliphatic carbocycles. The molecule has 0 heterocycles. The topological polar surface area (TPSA) is 140 Å². The summed E-state index contributed by atoms with van der Waals surface area (Å²) in [6.07, 6.45) is 8.96. The molecule has 0 aromatic heterocycles. The van der Waals surface area contributed by atoms with E-state index in [1.807, 2.05) is 13.1 Å². The van der Waals surface area contributed by atoms with Crippen LogP contribution in [0.4, 0.5) is 22.7 Å². The van der Waals surface area contributed by atoms with Gasteiger partial charge in [-0.2, -0.15) is 0 Å². The number of anilines is 4. The molecule has 0 aliphatic rings. The molecule has 0 bridgehead atoms. The predicted octanol–water partition coefficient (Wildman–Crippen LogP) is 2.90. The minimum Gasteiger partial charge on any atom is -0.405 e. The van der Waals surface area contributed by atoms with Crippen LogP contribution in [0, 0.1) is 0 Å². The third-order valence-electron chi connectivity index (χ3n) is 4.23. The third kappa shape index (κ3) is 6.42. The van der Waals surface area contributed by atoms with E-state index in [1.54, 1.807) is 12.1 Å². The van der Waals surface area contributed by atoms with Crippen molar-refractivity contribution in [2.24, 2.45) is 10.7 Å². The van der Waals surface area contributed by atoms with Crippen LogP contribution in [-0.2, 0) is 6.42 Å². The van der Waals surface area contributed by atoms with Gasteiger partial charge in [0.1, 0.15) is 0 Å². The van der Waals surface area contributed by atoms with Crippen molar-refractivity contribution >= 4 is 28.5 Å². The molecule has 0 radical (unpaired) electrons. The molecule has 0 atom stereocenters. The number of nitrogens with zero attached hydrogens (tertiary/aromatic N) is 1. The van der Waals surface area contributed by atoms with Crippen molar-refractivity contribution in [3.63, 3.8) is 0 Å². The van der Waals surface area contributed by atoms with Gasteiger partial charge in [0, 0.05) is 48.9 Å². The lowest BCUT2D eigenvalue weighted by Gasteiger charge is -2.18. The zero-order valence-corrected chi connectivity index (χ0v) is 16.9. The van der Waals surface area contributed by atoms with Crippen LogP contribution in [0.2, 0.25) is 0 Å². The largest absolute Gasteiger partial charge is 0.405 e. The molecule has 0 saturated heterocycles. The van der Waals surface area contributed by atoms with Crippen molar-refractivity contribution < 1.29 is 0 Å². The highest BCUT2D eigenvalue weighted by molar-refractivity contribution is 6.00. The van der Waals surface area contributed by atoms with E-state index in [-0.39, 0.29) is 0 Å². The monoisotopic (exact) mass is 383 g/mol. The van der Waals surface area contributed by atoms with E-state index in [2.05, 4.69) is 35.7 Å². The van der Waals surface area contributed by atoms with Crippen LogP contribution in [-0.4, -0.2) is 19.3 Å². The molecular weight excluding hydrogens is 350 g/mol. The summed E-state index contributed by atoms with van der Waals surface area (Å²) >= 11 is 0. The fourth-order valence-electron chi connectivity index (χ4n) is 2.74. The van der Waals surface area contributed by atoms with E-state index in [4.69, 9.17) is 22.9 Å². The van der Waals surface area contributed by atoms with Crippen LogP contribution in [0.3, 0.4) is 0 Å². The van der Waals surface area contributed by atoms with E-state index in [0.717, 1.165) is 24.1 Å². The van der Waals surface area contributed by atoms with Crippen molar-refractivity contribution in [3.8, 4) is 0 Å². The van der Waals surface area contributed by atoms with Gasteiger partial charge in [-0.25, -0.2) is 0 Å². The van der Waals surface area contributed by atoms with Crippen LogP contribution in [0.25, 0.3) is 0 Å². The van der Waals surface area contributed by atoms with Gasteiger partial charge in [0.05, 0.1) is 17.1 Å². The highest BCUT2D eigenvalue weighted by Gasteiger charge is 2.14. The maximum absolute atomic E-state index is 6.27. The molecule has 1 aromatic rings. The molecule has 0 unspecified atom stereocenters. The molecule has 0 amide bonds. The van der Waals surface area contributed by atoms with E-state index >= 15 is 0 Å². The molecular formula is C21H33N7. The second-order valence-electron chi connectivity index (χ2n) is 6.34. The molecule has 0 spiro atoms. The Labute approximate surface area is 168 Å². The lowest BCUT2D eigenvalue weighted by molar-refractivity contribution is 0.879. The van der Waals surface area contributed by atoms with Gasteiger partial charge in [-0.3, -0.25) is 4.99 Å². The molecule has 152 valence electrons. The number of nitrogens with one attached hydrogen (secondary N) is 2. The zero-order valence-electron chi connectivity index (χ0n) is 16.9. The number of likely N-dealkylation sites (N-methyl/N-ethyl adjacent to an activating group) is 1. The maximum Gasteiger partial charge on any atom is 0.0788 e. The van der Waals surface area contributed by atoms with Crippen LogP contribution in [0.15, 0.2) is 60.0 Å². The quantitative estimate of drug-likeness (QED) is 0.197. The molecule has 7 nitrogen and oxygen atoms in total. The lowest BCUT2D eigenvalue weighted by atomic mass is 10.0. The smallest absolute Gasteiger partial charge is 0.0788 e. The van der Waals surface area contributed by atoms with Gasteiger partial charge in [0.2, 0.25) is 0 Å².